The van der Waals surface area contributed by atoms with Gasteiger partial charge in [0.15, 0.2) is 0 Å². The normalized spacial score (nSPS) is 10.6. The first-order valence-corrected chi connectivity index (χ1v) is 8.32. The predicted molar refractivity (Wildman–Crippen MR) is 113 cm³/mol. The van der Waals surface area contributed by atoms with Gasteiger partial charge in [-0.1, -0.05) is 36.4 Å². The van der Waals surface area contributed by atoms with Gasteiger partial charge in [-0.15, -0.1) is 12.4 Å². The Hall–Kier alpha value is -3.09. The number of aromatic amines is 2. The molecule has 0 amide bonds. The van der Waals surface area contributed by atoms with Crippen LogP contribution in [0.15, 0.2) is 67.1 Å². The van der Waals surface area contributed by atoms with Gasteiger partial charge in [-0.3, -0.25) is 10.1 Å². The number of nitrogens with one attached hydrogen (secondary N) is 2. The first kappa shape index (κ1) is 20.2. The van der Waals surface area contributed by atoms with Crippen LogP contribution in [0, 0.1) is 10.1 Å². The van der Waals surface area contributed by atoms with Crippen LogP contribution in [0.3, 0.4) is 0 Å². The molecule has 140 valence electrons. The predicted octanol–water partition coefficient (Wildman–Crippen LogP) is 4.51. The van der Waals surface area contributed by atoms with Crippen molar-refractivity contribution in [2.75, 3.05) is 6.54 Å². The second-order valence-corrected chi connectivity index (χ2v) is 5.79. The van der Waals surface area contributed by atoms with Gasteiger partial charge >= 0.3 is 0 Å². The van der Waals surface area contributed by atoms with Gasteiger partial charge in [0.1, 0.15) is 0 Å². The van der Waals surface area contributed by atoms with Crippen molar-refractivity contribution in [3.05, 3.63) is 88.4 Å². The number of aromatic nitrogens is 2. The van der Waals surface area contributed by atoms with Gasteiger partial charge in [-0.2, -0.15) is 0 Å². The van der Waals surface area contributed by atoms with Gasteiger partial charge in [0.2, 0.25) is 6.20 Å². The summed E-state index contributed by atoms with van der Waals surface area (Å²) < 4.78 is 0. The van der Waals surface area contributed by atoms with Crippen LogP contribution in [-0.4, -0.2) is 21.4 Å². The number of rotatable bonds is 4. The number of hydrogen-bond acceptors (Lipinski definition) is 3. The molecule has 0 unspecified atom stereocenters. The van der Waals surface area contributed by atoms with Crippen LogP contribution in [-0.2, 0) is 6.42 Å². The van der Waals surface area contributed by atoms with Gasteiger partial charge in [0.05, 0.1) is 4.92 Å². The molecule has 0 bridgehead atoms. The summed E-state index contributed by atoms with van der Waals surface area (Å²) in [5.74, 6) is 0. The molecule has 2 aromatic heterocycles. The largest absolute Gasteiger partial charge is 0.361 e. The maximum Gasteiger partial charge on any atom is 0.235 e. The highest BCUT2D eigenvalue weighted by Crippen LogP contribution is 2.19. The van der Waals surface area contributed by atoms with E-state index in [0.717, 1.165) is 29.1 Å². The summed E-state index contributed by atoms with van der Waals surface area (Å²) in [7, 11) is 0. The molecule has 4 aromatic rings. The van der Waals surface area contributed by atoms with E-state index in [2.05, 4.69) is 28.2 Å². The van der Waals surface area contributed by atoms with Crippen LogP contribution in [0.2, 0.25) is 0 Å². The van der Waals surface area contributed by atoms with Crippen molar-refractivity contribution in [2.45, 2.75) is 6.42 Å². The number of nitrogens with zero attached hydrogens (tertiary/aromatic N) is 1. The first-order chi connectivity index (χ1) is 12.7. The second kappa shape index (κ2) is 9.56. The zero-order chi connectivity index (χ0) is 18.4. The lowest BCUT2D eigenvalue weighted by atomic mass is 10.1. The smallest absolute Gasteiger partial charge is 0.235 e. The fraction of sp³-hybridized carbons (Fsp3) is 0.100. The zero-order valence-electron chi connectivity index (χ0n) is 14.6. The summed E-state index contributed by atoms with van der Waals surface area (Å²) in [4.78, 5) is 15.9. The number of para-hydroxylation sites is 2. The highest BCUT2D eigenvalue weighted by molar-refractivity contribution is 5.88. The molecule has 0 atom stereocenters. The number of nitro groups is 1. The van der Waals surface area contributed by atoms with E-state index in [9.17, 15) is 10.1 Å². The lowest BCUT2D eigenvalue weighted by Crippen LogP contribution is -2.01. The minimum atomic E-state index is -0.470. The Labute approximate surface area is 162 Å². The summed E-state index contributed by atoms with van der Waals surface area (Å²) in [5, 5.41) is 12.4. The van der Waals surface area contributed by atoms with E-state index in [4.69, 9.17) is 5.73 Å². The first-order valence-electron chi connectivity index (χ1n) is 8.32. The molecule has 27 heavy (non-hydrogen) atoms. The molecule has 0 aliphatic heterocycles. The Balaban J connectivity index is 0.000000189. The van der Waals surface area contributed by atoms with Crippen LogP contribution in [0.5, 0.6) is 0 Å². The van der Waals surface area contributed by atoms with Gasteiger partial charge in [-0.25, -0.2) is 0 Å². The minimum Gasteiger partial charge on any atom is -0.361 e. The van der Waals surface area contributed by atoms with Crippen molar-refractivity contribution in [1.29, 1.82) is 0 Å². The van der Waals surface area contributed by atoms with E-state index in [1.807, 2.05) is 36.5 Å². The molecule has 0 saturated carbocycles. The number of benzene rings is 2. The molecular formula is C20H21ClN4O2. The van der Waals surface area contributed by atoms with E-state index >= 15 is 0 Å². The lowest BCUT2D eigenvalue weighted by molar-refractivity contribution is -0.400. The lowest BCUT2D eigenvalue weighted by Gasteiger charge is -1.93. The monoisotopic (exact) mass is 384 g/mol. The molecule has 7 heteroatoms. The highest BCUT2D eigenvalue weighted by atomic mass is 35.5. The third-order valence-electron chi connectivity index (χ3n) is 4.09. The Bertz CT molecular complexity index is 1050. The van der Waals surface area contributed by atoms with Crippen molar-refractivity contribution in [3.63, 3.8) is 0 Å². The molecule has 4 N–H and O–H groups in total. The number of halogens is 1. The quantitative estimate of drug-likeness (QED) is 0.356. The highest BCUT2D eigenvalue weighted by Gasteiger charge is 2.00. The minimum absolute atomic E-state index is 0. The van der Waals surface area contributed by atoms with E-state index in [-0.39, 0.29) is 12.4 Å². The summed E-state index contributed by atoms with van der Waals surface area (Å²) in [5.41, 5.74) is 9.82. The second-order valence-electron chi connectivity index (χ2n) is 5.79. The number of fused-ring (bicyclic) bond motifs is 2. The molecule has 2 aromatic carbocycles. The van der Waals surface area contributed by atoms with E-state index in [1.54, 1.807) is 6.20 Å². The van der Waals surface area contributed by atoms with Gasteiger partial charge in [-0.05, 0) is 30.7 Å². The molecule has 0 spiro atoms. The standard InChI is InChI=1S/C10H8N2O2.C10H12N2.ClH/c13-12(14)6-5-8-7-11-10-4-2-1-3-9(8)10;11-6-5-8-7-12-10-4-2-1-3-9(8)10;/h1-7,11H;1-4,7,12H,5-6,11H2;1H/b6-5+;;. The maximum atomic E-state index is 10.1. The van der Waals surface area contributed by atoms with Crippen molar-refractivity contribution in [2.24, 2.45) is 5.73 Å². The van der Waals surface area contributed by atoms with E-state index in [0.29, 0.717) is 6.54 Å². The number of nitrogens with two attached hydrogens (primary N) is 1. The molecule has 0 aliphatic rings. The van der Waals surface area contributed by atoms with Crippen molar-refractivity contribution >= 4 is 40.3 Å². The molecule has 0 radical (unpaired) electrons. The van der Waals surface area contributed by atoms with E-state index in [1.165, 1.54) is 22.5 Å². The molecule has 6 nitrogen and oxygen atoms in total. The maximum absolute atomic E-state index is 10.1. The third kappa shape index (κ3) is 4.97. The van der Waals surface area contributed by atoms with Crippen LogP contribution >= 0.6 is 12.4 Å². The number of H-pyrrole nitrogens is 2. The number of hydrogen-bond donors (Lipinski definition) is 3. The van der Waals surface area contributed by atoms with Crippen LogP contribution in [0.25, 0.3) is 27.9 Å². The Morgan fingerprint density at radius 1 is 0.963 bits per heavy atom. The fourth-order valence-electron chi connectivity index (χ4n) is 2.87. The van der Waals surface area contributed by atoms with Gasteiger partial charge in [0.25, 0.3) is 0 Å². The topological polar surface area (TPSA) is 101 Å². The SMILES string of the molecule is Cl.NCCc1c[nH]c2ccccc12.O=[N+]([O-])/C=C/c1c[nH]c2ccccc12. The van der Waals surface area contributed by atoms with E-state index < -0.39 is 4.92 Å². The van der Waals surface area contributed by atoms with Crippen LogP contribution in [0.4, 0.5) is 0 Å². The molecular weight excluding hydrogens is 364 g/mol. The Morgan fingerprint density at radius 3 is 2.22 bits per heavy atom. The molecule has 0 fully saturated rings. The summed E-state index contributed by atoms with van der Waals surface area (Å²) in [6.07, 6.45) is 7.17. The fourth-order valence-corrected chi connectivity index (χ4v) is 2.87. The summed E-state index contributed by atoms with van der Waals surface area (Å²) >= 11 is 0. The van der Waals surface area contributed by atoms with Crippen LogP contribution < -0.4 is 5.73 Å². The molecule has 2 heterocycles. The molecule has 4 rings (SSSR count). The summed E-state index contributed by atoms with van der Waals surface area (Å²) in [6.45, 7) is 0.710. The van der Waals surface area contributed by atoms with Crippen molar-refractivity contribution < 1.29 is 4.92 Å². The van der Waals surface area contributed by atoms with Gasteiger partial charge in [0, 0.05) is 45.8 Å². The zero-order valence-corrected chi connectivity index (χ0v) is 15.4. The van der Waals surface area contributed by atoms with Gasteiger partial charge < -0.3 is 15.7 Å². The summed E-state index contributed by atoms with van der Waals surface area (Å²) in [6, 6.07) is 16.0. The van der Waals surface area contributed by atoms with Crippen molar-refractivity contribution in [1.82, 2.24) is 9.97 Å². The average molecular weight is 385 g/mol. The molecule has 0 aliphatic carbocycles. The Morgan fingerprint density at radius 2 is 1.56 bits per heavy atom. The third-order valence-corrected chi connectivity index (χ3v) is 4.09. The molecule has 0 saturated heterocycles. The van der Waals surface area contributed by atoms with Crippen LogP contribution in [0.1, 0.15) is 11.1 Å². The Kier molecular flexibility index (Phi) is 7.16. The average Bonchev–Trinajstić information content (AvgIpc) is 3.25. The van der Waals surface area contributed by atoms with Crippen molar-refractivity contribution in [3.8, 4) is 0 Å².